The minimum atomic E-state index is -0.725. The summed E-state index contributed by atoms with van der Waals surface area (Å²) >= 11 is 0. The molecule has 0 spiro atoms. The molecule has 2 rings (SSSR count). The number of nitrogens with one attached hydrogen (secondary N) is 2. The fourth-order valence-corrected chi connectivity index (χ4v) is 2.53. The summed E-state index contributed by atoms with van der Waals surface area (Å²) in [5.41, 5.74) is 0.0356. The van der Waals surface area contributed by atoms with E-state index in [4.69, 9.17) is 9.47 Å². The molecule has 0 bridgehead atoms. The molecular formula is C17H27ClN2O3. The summed E-state index contributed by atoms with van der Waals surface area (Å²) in [6.07, 6.45) is 2.52. The summed E-state index contributed by atoms with van der Waals surface area (Å²) in [6.45, 7) is 5.71. The van der Waals surface area contributed by atoms with Crippen molar-refractivity contribution >= 4 is 24.0 Å². The smallest absolute Gasteiger partial charge is 0.256 e. The Hall–Kier alpha value is -1.30. The van der Waals surface area contributed by atoms with Gasteiger partial charge >= 0.3 is 0 Å². The fourth-order valence-electron chi connectivity index (χ4n) is 2.53. The fraction of sp³-hybridized carbons (Fsp3) is 0.588. The first-order chi connectivity index (χ1) is 10.6. The van der Waals surface area contributed by atoms with Crippen LogP contribution in [0.2, 0.25) is 0 Å². The van der Waals surface area contributed by atoms with Crippen molar-refractivity contribution in [1.82, 2.24) is 5.32 Å². The number of halogens is 1. The summed E-state index contributed by atoms with van der Waals surface area (Å²) in [6, 6.07) is 7.48. The topological polar surface area (TPSA) is 59.6 Å². The van der Waals surface area contributed by atoms with E-state index in [0.29, 0.717) is 12.8 Å². The van der Waals surface area contributed by atoms with E-state index in [2.05, 4.69) is 17.6 Å². The minimum Gasteiger partial charge on any atom is -0.491 e. The molecule has 1 aliphatic rings. The maximum Gasteiger partial charge on any atom is 0.256 e. The lowest BCUT2D eigenvalue weighted by Gasteiger charge is -2.34. The van der Waals surface area contributed by atoms with E-state index in [1.807, 2.05) is 31.2 Å². The quantitative estimate of drug-likeness (QED) is 0.834. The van der Waals surface area contributed by atoms with Gasteiger partial charge in [0, 0.05) is 12.8 Å². The Morgan fingerprint density at radius 1 is 1.30 bits per heavy atom. The van der Waals surface area contributed by atoms with Crippen molar-refractivity contribution in [3.63, 3.8) is 0 Å². The highest BCUT2D eigenvalue weighted by Crippen LogP contribution is 2.25. The molecule has 1 unspecified atom stereocenters. The van der Waals surface area contributed by atoms with Gasteiger partial charge in [-0.1, -0.05) is 6.92 Å². The second-order valence-electron chi connectivity index (χ2n) is 5.76. The molecule has 23 heavy (non-hydrogen) atoms. The first-order valence-electron chi connectivity index (χ1n) is 7.93. The van der Waals surface area contributed by atoms with Gasteiger partial charge in [0.1, 0.15) is 11.4 Å². The molecule has 1 aromatic rings. The highest BCUT2D eigenvalue weighted by Gasteiger charge is 2.39. The van der Waals surface area contributed by atoms with E-state index in [1.54, 1.807) is 7.11 Å². The van der Waals surface area contributed by atoms with E-state index in [9.17, 15) is 4.79 Å². The Morgan fingerprint density at radius 3 is 2.43 bits per heavy atom. The molecule has 0 saturated carbocycles. The van der Waals surface area contributed by atoms with Gasteiger partial charge < -0.3 is 20.1 Å². The lowest BCUT2D eigenvalue weighted by Crippen LogP contribution is -2.51. The summed E-state index contributed by atoms with van der Waals surface area (Å²) in [7, 11) is 1.61. The molecule has 5 nitrogen and oxygen atoms in total. The molecule has 0 aromatic heterocycles. The maximum atomic E-state index is 12.5. The summed E-state index contributed by atoms with van der Waals surface area (Å²) < 4.78 is 11.3. The first-order valence-corrected chi connectivity index (χ1v) is 7.93. The van der Waals surface area contributed by atoms with Gasteiger partial charge in [0.25, 0.3) is 5.91 Å². The van der Waals surface area contributed by atoms with Crippen LogP contribution in [0.3, 0.4) is 0 Å². The van der Waals surface area contributed by atoms with Gasteiger partial charge in [-0.15, -0.1) is 12.4 Å². The number of amides is 1. The Bertz CT molecular complexity index is 487. The lowest BCUT2D eigenvalue weighted by molar-refractivity contribution is -0.140. The number of piperidine rings is 1. The van der Waals surface area contributed by atoms with E-state index in [0.717, 1.165) is 30.9 Å². The number of benzene rings is 1. The largest absolute Gasteiger partial charge is 0.491 e. The number of rotatable bonds is 6. The highest BCUT2D eigenvalue weighted by molar-refractivity contribution is 5.97. The van der Waals surface area contributed by atoms with E-state index in [1.165, 1.54) is 0 Å². The molecule has 1 fully saturated rings. The zero-order valence-corrected chi connectivity index (χ0v) is 14.9. The first kappa shape index (κ1) is 19.7. The van der Waals surface area contributed by atoms with Gasteiger partial charge in [-0.25, -0.2) is 0 Å². The third-order valence-corrected chi connectivity index (χ3v) is 4.24. The average molecular weight is 343 g/mol. The second-order valence-corrected chi connectivity index (χ2v) is 5.76. The highest BCUT2D eigenvalue weighted by atomic mass is 35.5. The van der Waals surface area contributed by atoms with Crippen LogP contribution in [0, 0.1) is 0 Å². The van der Waals surface area contributed by atoms with Gasteiger partial charge in [0.2, 0.25) is 0 Å². The molecule has 0 radical (unpaired) electrons. The van der Waals surface area contributed by atoms with Crippen LogP contribution in [0.25, 0.3) is 0 Å². The molecule has 6 heteroatoms. The monoisotopic (exact) mass is 342 g/mol. The van der Waals surface area contributed by atoms with Crippen LogP contribution in [0.4, 0.5) is 5.69 Å². The summed E-state index contributed by atoms with van der Waals surface area (Å²) in [4.78, 5) is 12.5. The molecule has 1 saturated heterocycles. The zero-order valence-electron chi connectivity index (χ0n) is 14.1. The molecule has 1 amide bonds. The summed E-state index contributed by atoms with van der Waals surface area (Å²) in [5.74, 6) is 0.739. The molecule has 130 valence electrons. The van der Waals surface area contributed by atoms with Gasteiger partial charge in [0.15, 0.2) is 0 Å². The molecule has 2 N–H and O–H groups in total. The Labute approximate surface area is 144 Å². The van der Waals surface area contributed by atoms with Crippen LogP contribution in [-0.2, 0) is 9.53 Å². The van der Waals surface area contributed by atoms with Crippen molar-refractivity contribution < 1.29 is 14.3 Å². The zero-order chi connectivity index (χ0) is 16.0. The number of carbonyl (C=O) groups excluding carboxylic acids is 1. The number of anilines is 1. The van der Waals surface area contributed by atoms with E-state index in [-0.39, 0.29) is 24.4 Å². The van der Waals surface area contributed by atoms with Crippen molar-refractivity contribution in [2.24, 2.45) is 0 Å². The van der Waals surface area contributed by atoms with Crippen LogP contribution in [0.5, 0.6) is 5.75 Å². The van der Waals surface area contributed by atoms with Gasteiger partial charge in [0.05, 0.1) is 6.10 Å². The van der Waals surface area contributed by atoms with Crippen molar-refractivity contribution in [1.29, 1.82) is 0 Å². The van der Waals surface area contributed by atoms with Crippen LogP contribution >= 0.6 is 12.4 Å². The molecule has 1 atom stereocenters. The molecular weight excluding hydrogens is 316 g/mol. The van der Waals surface area contributed by atoms with Crippen LogP contribution < -0.4 is 15.4 Å². The average Bonchev–Trinajstić information content (AvgIpc) is 2.57. The molecule has 1 heterocycles. The SMILES string of the molecule is CCC(C)Oc1ccc(NC(=O)C2(OC)CCNCC2)cc1.Cl. The van der Waals surface area contributed by atoms with Gasteiger partial charge in [-0.2, -0.15) is 0 Å². The normalized spacial score (nSPS) is 17.7. The van der Waals surface area contributed by atoms with Crippen molar-refractivity contribution in [2.45, 2.75) is 44.8 Å². The Balaban J connectivity index is 0.00000264. The number of ether oxygens (including phenoxy) is 2. The molecule has 0 aliphatic carbocycles. The van der Waals surface area contributed by atoms with Crippen LogP contribution in [-0.4, -0.2) is 37.8 Å². The number of hydrogen-bond donors (Lipinski definition) is 2. The Morgan fingerprint density at radius 2 is 1.91 bits per heavy atom. The third-order valence-electron chi connectivity index (χ3n) is 4.24. The Kier molecular flexibility index (Phi) is 7.82. The lowest BCUT2D eigenvalue weighted by atomic mass is 9.91. The number of carbonyl (C=O) groups is 1. The predicted octanol–water partition coefficient (Wildman–Crippen LogP) is 2.99. The maximum absolute atomic E-state index is 12.5. The molecule has 1 aromatic carbocycles. The summed E-state index contributed by atoms with van der Waals surface area (Å²) in [5, 5.41) is 6.20. The van der Waals surface area contributed by atoms with Gasteiger partial charge in [-0.3, -0.25) is 4.79 Å². The minimum absolute atomic E-state index is 0. The van der Waals surface area contributed by atoms with Gasteiger partial charge in [-0.05, 0) is 63.5 Å². The standard InChI is InChI=1S/C17H26N2O3.ClH/c1-4-13(2)22-15-7-5-14(6-8-15)19-16(20)17(21-3)9-11-18-12-10-17;/h5-8,13,18H,4,9-12H2,1-3H3,(H,19,20);1H. The molecule has 1 aliphatic heterocycles. The van der Waals surface area contributed by atoms with E-state index >= 15 is 0 Å². The van der Waals surface area contributed by atoms with E-state index < -0.39 is 5.60 Å². The van der Waals surface area contributed by atoms with Crippen molar-refractivity contribution in [3.8, 4) is 5.75 Å². The van der Waals surface area contributed by atoms with Crippen LogP contribution in [0.1, 0.15) is 33.1 Å². The third kappa shape index (κ3) is 5.09. The second kappa shape index (κ2) is 9.11. The van der Waals surface area contributed by atoms with Crippen molar-refractivity contribution in [2.75, 3.05) is 25.5 Å². The predicted molar refractivity (Wildman–Crippen MR) is 94.5 cm³/mol. The number of hydrogen-bond acceptors (Lipinski definition) is 4. The van der Waals surface area contributed by atoms with Crippen LogP contribution in [0.15, 0.2) is 24.3 Å². The number of methoxy groups -OCH3 is 1. The van der Waals surface area contributed by atoms with Crippen molar-refractivity contribution in [3.05, 3.63) is 24.3 Å².